The van der Waals surface area contributed by atoms with Crippen LogP contribution in [0.15, 0.2) is 11.1 Å². The molecule has 2 rings (SSSR count). The van der Waals surface area contributed by atoms with Crippen LogP contribution in [0.4, 0.5) is 0 Å². The summed E-state index contributed by atoms with van der Waals surface area (Å²) in [7, 11) is -6.82. The SMILES string of the molecule is CS(=O)(=O)C1COc2c(S(=N)(N)=O)cnn21. The smallest absolute Gasteiger partial charge is 0.232 e. The highest BCUT2D eigenvalue weighted by molar-refractivity contribution is 7.91. The molecule has 90 valence electrons. The summed E-state index contributed by atoms with van der Waals surface area (Å²) in [5, 5.41) is 7.94. The molecule has 0 aromatic carbocycles. The molecule has 10 heteroatoms. The summed E-state index contributed by atoms with van der Waals surface area (Å²) in [5.74, 6) is -0.00192. The number of rotatable bonds is 2. The highest BCUT2D eigenvalue weighted by Gasteiger charge is 2.36. The molecule has 2 heterocycles. The minimum atomic E-state index is -3.46. The summed E-state index contributed by atoms with van der Waals surface area (Å²) in [4.78, 5) is -0.0846. The third-order valence-electron chi connectivity index (χ3n) is 2.17. The first kappa shape index (κ1) is 11.4. The lowest BCUT2D eigenvalue weighted by molar-refractivity contribution is 0.343. The molecule has 0 aliphatic carbocycles. The van der Waals surface area contributed by atoms with Gasteiger partial charge < -0.3 is 4.74 Å². The van der Waals surface area contributed by atoms with Crippen LogP contribution >= 0.6 is 0 Å². The molecule has 0 saturated carbocycles. The number of ether oxygens (including phenoxy) is 1. The zero-order valence-corrected chi connectivity index (χ0v) is 9.92. The molecule has 0 amide bonds. The lowest BCUT2D eigenvalue weighted by atomic mass is 10.7. The number of hydrogen-bond acceptors (Lipinski definition) is 6. The van der Waals surface area contributed by atoms with Gasteiger partial charge in [0.1, 0.15) is 21.4 Å². The molecule has 3 N–H and O–H groups in total. The van der Waals surface area contributed by atoms with E-state index >= 15 is 0 Å². The molecule has 2 atom stereocenters. The van der Waals surface area contributed by atoms with Gasteiger partial charge in [0, 0.05) is 6.26 Å². The van der Waals surface area contributed by atoms with Gasteiger partial charge in [-0.15, -0.1) is 0 Å². The maximum absolute atomic E-state index is 11.4. The zero-order chi connectivity index (χ0) is 12.1. The molecule has 8 nitrogen and oxygen atoms in total. The maximum Gasteiger partial charge on any atom is 0.232 e. The minimum Gasteiger partial charge on any atom is -0.473 e. The molecule has 0 radical (unpaired) electrons. The van der Waals surface area contributed by atoms with E-state index in [1.54, 1.807) is 0 Å². The van der Waals surface area contributed by atoms with Crippen molar-refractivity contribution in [2.45, 2.75) is 10.3 Å². The second-order valence-corrected chi connectivity index (χ2v) is 7.30. The number of sulfone groups is 1. The molecule has 2 unspecified atom stereocenters. The molecule has 1 aliphatic heterocycles. The number of nitrogens with zero attached hydrogens (tertiary/aromatic N) is 2. The van der Waals surface area contributed by atoms with E-state index in [-0.39, 0.29) is 17.4 Å². The number of aromatic nitrogens is 2. The van der Waals surface area contributed by atoms with Gasteiger partial charge in [0.15, 0.2) is 15.2 Å². The van der Waals surface area contributed by atoms with Crippen LogP contribution in [0.5, 0.6) is 5.88 Å². The quantitative estimate of drug-likeness (QED) is 0.716. The van der Waals surface area contributed by atoms with Crippen LogP contribution in [0.3, 0.4) is 0 Å². The van der Waals surface area contributed by atoms with Crippen LogP contribution < -0.4 is 9.88 Å². The lowest BCUT2D eigenvalue weighted by Gasteiger charge is -2.04. The second-order valence-electron chi connectivity index (χ2n) is 3.45. The van der Waals surface area contributed by atoms with Crippen molar-refractivity contribution < 1.29 is 17.4 Å². The number of fused-ring (bicyclic) bond motifs is 1. The average Bonchev–Trinajstić information content (AvgIpc) is 2.54. The Bertz CT molecular complexity index is 629. The van der Waals surface area contributed by atoms with Crippen molar-refractivity contribution in [1.29, 1.82) is 4.78 Å². The standard InChI is InChI=1S/C6H10N4O4S2/c1-15(11,12)5-3-14-6-4(16(7,8)13)2-9-10(5)6/h2,5H,3H2,1H3,(H3,7,8,13). The lowest BCUT2D eigenvalue weighted by Crippen LogP contribution is -2.18. The van der Waals surface area contributed by atoms with Gasteiger partial charge in [-0.3, -0.25) is 0 Å². The summed E-state index contributed by atoms with van der Waals surface area (Å²) < 4.78 is 47.4. The molecule has 1 aromatic rings. The Morgan fingerprint density at radius 1 is 1.62 bits per heavy atom. The molecular formula is C6H10N4O4S2. The first-order valence-electron chi connectivity index (χ1n) is 4.17. The number of nitrogens with one attached hydrogen (secondary N) is 1. The van der Waals surface area contributed by atoms with Gasteiger partial charge >= 0.3 is 0 Å². The molecule has 0 spiro atoms. The van der Waals surface area contributed by atoms with Crippen molar-refractivity contribution >= 4 is 19.8 Å². The minimum absolute atomic E-state index is 0.00192. The third kappa shape index (κ3) is 1.68. The normalized spacial score (nSPS) is 23.5. The highest BCUT2D eigenvalue weighted by Crippen LogP contribution is 2.33. The van der Waals surface area contributed by atoms with Crippen LogP contribution in [0.1, 0.15) is 5.37 Å². The van der Waals surface area contributed by atoms with Crippen molar-refractivity contribution in [3.05, 3.63) is 6.20 Å². The summed E-state index contributed by atoms with van der Waals surface area (Å²) in [6.45, 7) is -0.107. The van der Waals surface area contributed by atoms with Crippen molar-refractivity contribution in [3.8, 4) is 5.88 Å². The van der Waals surface area contributed by atoms with E-state index in [1.165, 1.54) is 0 Å². The van der Waals surface area contributed by atoms with E-state index in [0.29, 0.717) is 0 Å². The van der Waals surface area contributed by atoms with Crippen LogP contribution in [0.2, 0.25) is 0 Å². The molecule has 1 aliphatic rings. The molecule has 1 aromatic heterocycles. The Hall–Kier alpha value is -1.13. The second kappa shape index (κ2) is 3.18. The number of nitrogens with two attached hydrogens (primary N) is 1. The van der Waals surface area contributed by atoms with Crippen molar-refractivity contribution in [3.63, 3.8) is 0 Å². The van der Waals surface area contributed by atoms with E-state index in [4.69, 9.17) is 14.7 Å². The van der Waals surface area contributed by atoms with Crippen LogP contribution in [0.25, 0.3) is 0 Å². The fraction of sp³-hybridized carbons (Fsp3) is 0.500. The van der Waals surface area contributed by atoms with Gasteiger partial charge in [-0.25, -0.2) is 27.2 Å². The summed E-state index contributed by atoms with van der Waals surface area (Å²) in [6.07, 6.45) is 2.15. The van der Waals surface area contributed by atoms with Crippen molar-refractivity contribution in [2.24, 2.45) is 5.14 Å². The van der Waals surface area contributed by atoms with Gasteiger partial charge in [0.05, 0.1) is 6.20 Å². The van der Waals surface area contributed by atoms with E-state index in [9.17, 15) is 12.6 Å². The summed E-state index contributed by atoms with van der Waals surface area (Å²) in [6, 6.07) is 0. The van der Waals surface area contributed by atoms with Crippen molar-refractivity contribution in [2.75, 3.05) is 12.9 Å². The fourth-order valence-electron chi connectivity index (χ4n) is 1.41. The molecule has 16 heavy (non-hydrogen) atoms. The predicted molar refractivity (Wildman–Crippen MR) is 54.9 cm³/mol. The van der Waals surface area contributed by atoms with Gasteiger partial charge in [0.2, 0.25) is 5.88 Å². The Kier molecular flexibility index (Phi) is 2.26. The van der Waals surface area contributed by atoms with Gasteiger partial charge in [-0.1, -0.05) is 0 Å². The Morgan fingerprint density at radius 3 is 2.75 bits per heavy atom. The number of hydrogen-bond donors (Lipinski definition) is 2. The zero-order valence-electron chi connectivity index (χ0n) is 8.28. The monoisotopic (exact) mass is 266 g/mol. The highest BCUT2D eigenvalue weighted by atomic mass is 32.2. The fourth-order valence-corrected chi connectivity index (χ4v) is 2.86. The first-order valence-corrected chi connectivity index (χ1v) is 7.74. The first-order chi connectivity index (χ1) is 7.21. The van der Waals surface area contributed by atoms with Gasteiger partial charge in [0.25, 0.3) is 0 Å². The largest absolute Gasteiger partial charge is 0.473 e. The molecule has 0 fully saturated rings. The Labute approximate surface area is 92.4 Å². The van der Waals surface area contributed by atoms with Gasteiger partial charge in [-0.2, -0.15) is 5.10 Å². The summed E-state index contributed by atoms with van der Waals surface area (Å²) >= 11 is 0. The van der Waals surface area contributed by atoms with Gasteiger partial charge in [-0.05, 0) is 0 Å². The summed E-state index contributed by atoms with van der Waals surface area (Å²) in [5.41, 5.74) is 0. The van der Waals surface area contributed by atoms with Crippen molar-refractivity contribution in [1.82, 2.24) is 9.78 Å². The van der Waals surface area contributed by atoms with E-state index in [0.717, 1.165) is 17.1 Å². The van der Waals surface area contributed by atoms with E-state index < -0.39 is 25.1 Å². The molecule has 0 saturated heterocycles. The van der Waals surface area contributed by atoms with Crippen LogP contribution in [-0.4, -0.2) is 35.3 Å². The van der Waals surface area contributed by atoms with E-state index in [1.807, 2.05) is 0 Å². The predicted octanol–water partition coefficient (Wildman–Crippen LogP) is -0.902. The molecule has 0 bridgehead atoms. The third-order valence-corrected chi connectivity index (χ3v) is 4.43. The topological polar surface area (TPSA) is 128 Å². The van der Waals surface area contributed by atoms with E-state index in [2.05, 4.69) is 5.10 Å². The Balaban J connectivity index is 2.58. The van der Waals surface area contributed by atoms with Crippen LogP contribution in [-0.2, 0) is 19.8 Å². The Morgan fingerprint density at radius 2 is 2.25 bits per heavy atom. The molecular weight excluding hydrogens is 256 g/mol. The maximum atomic E-state index is 11.4. The average molecular weight is 266 g/mol. The van der Waals surface area contributed by atoms with Crippen LogP contribution in [0, 0.1) is 4.78 Å².